The molecule has 4 N–H and O–H groups in total. The number of benzene rings is 1. The molecule has 18 heavy (non-hydrogen) atoms. The van der Waals surface area contributed by atoms with Gasteiger partial charge in [0, 0.05) is 19.2 Å². The van der Waals surface area contributed by atoms with Crippen molar-refractivity contribution in [2.75, 3.05) is 18.4 Å². The van der Waals surface area contributed by atoms with E-state index in [2.05, 4.69) is 21.2 Å². The molecule has 1 aromatic rings. The van der Waals surface area contributed by atoms with Gasteiger partial charge in [-0.2, -0.15) is 4.39 Å². The highest BCUT2D eigenvalue weighted by molar-refractivity contribution is 9.10. The molecule has 100 valence electrons. The van der Waals surface area contributed by atoms with Gasteiger partial charge in [-0.1, -0.05) is 0 Å². The molecule has 1 atom stereocenters. The third-order valence-electron chi connectivity index (χ3n) is 2.11. The monoisotopic (exact) mass is 325 g/mol. The number of anilines is 1. The van der Waals surface area contributed by atoms with E-state index in [0.717, 1.165) is 0 Å². The highest BCUT2D eigenvalue weighted by Crippen LogP contribution is 2.36. The average molecular weight is 326 g/mol. The number of nitrogens with one attached hydrogen (secondary N) is 1. The van der Waals surface area contributed by atoms with Crippen molar-refractivity contribution in [1.29, 1.82) is 0 Å². The molecule has 0 bridgehead atoms. The van der Waals surface area contributed by atoms with Gasteiger partial charge in [-0.25, -0.2) is 4.39 Å². The van der Waals surface area contributed by atoms with E-state index in [9.17, 15) is 24.0 Å². The number of nitrogens with zero attached hydrogens (tertiary/aromatic N) is 1. The third kappa shape index (κ3) is 3.12. The van der Waals surface area contributed by atoms with Crippen LogP contribution in [0.1, 0.15) is 0 Å². The number of hydrogen-bond donors (Lipinski definition) is 3. The summed E-state index contributed by atoms with van der Waals surface area (Å²) in [5, 5.41) is 22.3. The van der Waals surface area contributed by atoms with E-state index >= 15 is 0 Å². The number of rotatable bonds is 5. The van der Waals surface area contributed by atoms with E-state index in [0.29, 0.717) is 6.07 Å². The topological polar surface area (TPSA) is 101 Å². The van der Waals surface area contributed by atoms with Crippen molar-refractivity contribution in [3.8, 4) is 0 Å². The minimum Gasteiger partial charge on any atom is -0.390 e. The first kappa shape index (κ1) is 14.7. The van der Waals surface area contributed by atoms with Crippen LogP contribution in [0.15, 0.2) is 10.5 Å². The second-order valence-electron chi connectivity index (χ2n) is 3.41. The Morgan fingerprint density at radius 2 is 2.17 bits per heavy atom. The van der Waals surface area contributed by atoms with Crippen LogP contribution in [0.5, 0.6) is 0 Å². The molecule has 0 aliphatic heterocycles. The molecule has 0 saturated heterocycles. The van der Waals surface area contributed by atoms with Gasteiger partial charge in [-0.3, -0.25) is 10.1 Å². The molecule has 1 rings (SSSR count). The number of hydrogen-bond acceptors (Lipinski definition) is 5. The van der Waals surface area contributed by atoms with Crippen LogP contribution in [0.3, 0.4) is 0 Å². The molecule has 1 unspecified atom stereocenters. The average Bonchev–Trinajstić information content (AvgIpc) is 2.30. The highest BCUT2D eigenvalue weighted by Gasteiger charge is 2.26. The minimum absolute atomic E-state index is 0.0871. The first-order valence-electron chi connectivity index (χ1n) is 4.82. The van der Waals surface area contributed by atoms with Crippen LogP contribution in [0, 0.1) is 21.7 Å². The Bertz CT molecular complexity index is 473. The molecule has 0 saturated carbocycles. The fourth-order valence-electron chi connectivity index (χ4n) is 1.23. The molecule has 0 amide bonds. The van der Waals surface area contributed by atoms with E-state index in [1.54, 1.807) is 0 Å². The van der Waals surface area contributed by atoms with Crippen molar-refractivity contribution < 1.29 is 18.8 Å². The standard InChI is InChI=1S/C9H10BrF2N3O3/c10-7-5(11)1-6(12)9(15(17)18)8(7)14-3-4(16)2-13/h1,4,14,16H,2-3,13H2. The predicted octanol–water partition coefficient (Wildman–Crippen LogP) is 1.37. The molecule has 0 fully saturated rings. The van der Waals surface area contributed by atoms with Crippen LogP contribution in [0.2, 0.25) is 0 Å². The number of nitro groups is 1. The minimum atomic E-state index is -1.30. The molecular weight excluding hydrogens is 316 g/mol. The Kier molecular flexibility index (Phi) is 4.93. The number of nitro benzene ring substituents is 1. The maximum Gasteiger partial charge on any atom is 0.329 e. The lowest BCUT2D eigenvalue weighted by molar-refractivity contribution is -0.386. The normalized spacial score (nSPS) is 12.3. The molecule has 0 heterocycles. The molecule has 1 aromatic carbocycles. The van der Waals surface area contributed by atoms with Crippen molar-refractivity contribution in [3.63, 3.8) is 0 Å². The molecule has 6 nitrogen and oxygen atoms in total. The smallest absolute Gasteiger partial charge is 0.329 e. The summed E-state index contributed by atoms with van der Waals surface area (Å²) >= 11 is 2.78. The summed E-state index contributed by atoms with van der Waals surface area (Å²) in [5.74, 6) is -2.28. The van der Waals surface area contributed by atoms with Crippen LogP contribution in [-0.2, 0) is 0 Å². The molecule has 0 aromatic heterocycles. The van der Waals surface area contributed by atoms with Gasteiger partial charge in [0.05, 0.1) is 15.5 Å². The van der Waals surface area contributed by atoms with Crippen molar-refractivity contribution >= 4 is 27.3 Å². The lowest BCUT2D eigenvalue weighted by Crippen LogP contribution is -2.28. The van der Waals surface area contributed by atoms with Crippen molar-refractivity contribution in [2.45, 2.75) is 6.10 Å². The zero-order valence-corrected chi connectivity index (χ0v) is 10.6. The molecule has 0 aliphatic carbocycles. The Morgan fingerprint density at radius 3 is 2.67 bits per heavy atom. The summed E-state index contributed by atoms with van der Waals surface area (Å²) in [6.07, 6.45) is -0.983. The fraction of sp³-hybridized carbons (Fsp3) is 0.333. The lowest BCUT2D eigenvalue weighted by Gasteiger charge is -2.13. The second-order valence-corrected chi connectivity index (χ2v) is 4.20. The molecule has 0 aliphatic rings. The van der Waals surface area contributed by atoms with Gasteiger partial charge >= 0.3 is 5.69 Å². The molecule has 9 heteroatoms. The van der Waals surface area contributed by atoms with Gasteiger partial charge in [0.25, 0.3) is 0 Å². The van der Waals surface area contributed by atoms with Gasteiger partial charge in [0.2, 0.25) is 5.82 Å². The summed E-state index contributed by atoms with van der Waals surface area (Å²) in [7, 11) is 0. The van der Waals surface area contributed by atoms with Gasteiger partial charge in [0.15, 0.2) is 0 Å². The summed E-state index contributed by atoms with van der Waals surface area (Å²) in [5.41, 5.74) is 3.88. The fourth-order valence-corrected chi connectivity index (χ4v) is 1.67. The Morgan fingerprint density at radius 1 is 1.56 bits per heavy atom. The van der Waals surface area contributed by atoms with E-state index < -0.39 is 28.3 Å². The molecular formula is C9H10BrF2N3O3. The highest BCUT2D eigenvalue weighted by atomic mass is 79.9. The van der Waals surface area contributed by atoms with Crippen LogP contribution < -0.4 is 11.1 Å². The van der Waals surface area contributed by atoms with Crippen LogP contribution in [-0.4, -0.2) is 29.2 Å². The first-order chi connectivity index (χ1) is 8.38. The molecule has 0 radical (unpaired) electrons. The largest absolute Gasteiger partial charge is 0.390 e. The Labute approximate surface area is 109 Å². The maximum absolute atomic E-state index is 13.3. The van der Waals surface area contributed by atoms with E-state index in [-0.39, 0.29) is 23.2 Å². The van der Waals surface area contributed by atoms with E-state index in [4.69, 9.17) is 5.73 Å². The van der Waals surface area contributed by atoms with Crippen LogP contribution in [0.4, 0.5) is 20.2 Å². The van der Waals surface area contributed by atoms with Crippen molar-refractivity contribution in [2.24, 2.45) is 5.73 Å². The second kappa shape index (κ2) is 6.03. The van der Waals surface area contributed by atoms with Crippen molar-refractivity contribution in [3.05, 3.63) is 32.3 Å². The Hall–Kier alpha value is -1.32. The maximum atomic E-state index is 13.3. The Balaban J connectivity index is 3.18. The van der Waals surface area contributed by atoms with E-state index in [1.165, 1.54) is 0 Å². The summed E-state index contributed by atoms with van der Waals surface area (Å²) in [6.45, 7) is -0.255. The summed E-state index contributed by atoms with van der Waals surface area (Å²) in [4.78, 5) is 9.74. The van der Waals surface area contributed by atoms with Gasteiger partial charge in [-0.05, 0) is 15.9 Å². The van der Waals surface area contributed by atoms with Crippen LogP contribution >= 0.6 is 15.9 Å². The van der Waals surface area contributed by atoms with Gasteiger partial charge in [0.1, 0.15) is 11.5 Å². The van der Waals surface area contributed by atoms with Crippen molar-refractivity contribution in [1.82, 2.24) is 0 Å². The number of halogens is 3. The number of aliphatic hydroxyl groups excluding tert-OH is 1. The lowest BCUT2D eigenvalue weighted by atomic mass is 10.2. The zero-order valence-electron chi connectivity index (χ0n) is 8.99. The predicted molar refractivity (Wildman–Crippen MR) is 64.3 cm³/mol. The molecule has 0 spiro atoms. The first-order valence-corrected chi connectivity index (χ1v) is 5.61. The quantitative estimate of drug-likeness (QED) is 0.431. The van der Waals surface area contributed by atoms with Gasteiger partial charge < -0.3 is 16.2 Å². The zero-order chi connectivity index (χ0) is 13.9. The SMILES string of the molecule is NCC(O)CNc1c(Br)c(F)cc(F)c1[N+](=O)[O-]. The number of aliphatic hydroxyl groups is 1. The third-order valence-corrected chi connectivity index (χ3v) is 2.89. The van der Waals surface area contributed by atoms with Gasteiger partial charge in [-0.15, -0.1) is 0 Å². The summed E-state index contributed by atoms with van der Waals surface area (Å²) in [6, 6.07) is 0.409. The number of nitrogens with two attached hydrogens (primary N) is 1. The van der Waals surface area contributed by atoms with E-state index in [1.807, 2.05) is 0 Å². The van der Waals surface area contributed by atoms with Crippen LogP contribution in [0.25, 0.3) is 0 Å². The summed E-state index contributed by atoms with van der Waals surface area (Å²) < 4.78 is 26.3.